The second-order valence-corrected chi connectivity index (χ2v) is 6.76. The quantitative estimate of drug-likeness (QED) is 0.859. The second kappa shape index (κ2) is 7.02. The fourth-order valence-electron chi connectivity index (χ4n) is 3.79. The molecule has 126 valence electrons. The van der Waals surface area contributed by atoms with Gasteiger partial charge in [0.1, 0.15) is 0 Å². The molecule has 0 bridgehead atoms. The van der Waals surface area contributed by atoms with Gasteiger partial charge in [0.05, 0.1) is 11.7 Å². The first kappa shape index (κ1) is 16.5. The highest BCUT2D eigenvalue weighted by Crippen LogP contribution is 2.36. The molecule has 0 saturated carbocycles. The Morgan fingerprint density at radius 1 is 1.39 bits per heavy atom. The number of hydrogen-bond donors (Lipinski definition) is 0. The number of carbonyl (C=O) groups is 1. The molecule has 1 aromatic carbocycles. The number of carbonyl (C=O) groups excluding carboxylic acids is 1. The minimum Gasteiger partial charge on any atom is -0.378 e. The summed E-state index contributed by atoms with van der Waals surface area (Å²) in [5, 5.41) is 0. The van der Waals surface area contributed by atoms with Crippen LogP contribution in [0.3, 0.4) is 0 Å². The molecule has 2 fully saturated rings. The van der Waals surface area contributed by atoms with Crippen molar-refractivity contribution in [2.45, 2.75) is 51.2 Å². The predicted molar refractivity (Wildman–Crippen MR) is 89.6 cm³/mol. The van der Waals surface area contributed by atoms with E-state index in [9.17, 15) is 4.79 Å². The Kier molecular flexibility index (Phi) is 5.02. The van der Waals surface area contributed by atoms with E-state index in [0.29, 0.717) is 6.10 Å². The number of amides is 1. The fraction of sp³-hybridized carbons (Fsp3) is 0.632. The summed E-state index contributed by atoms with van der Waals surface area (Å²) in [6.07, 6.45) is 4.09. The molecule has 4 heteroatoms. The van der Waals surface area contributed by atoms with Crippen LogP contribution in [0.25, 0.3) is 0 Å². The molecule has 0 aromatic heterocycles. The van der Waals surface area contributed by atoms with Gasteiger partial charge in [0.25, 0.3) is 5.91 Å². The third-order valence-corrected chi connectivity index (χ3v) is 5.08. The lowest BCUT2D eigenvalue weighted by Gasteiger charge is -2.46. The lowest BCUT2D eigenvalue weighted by atomic mass is 9.83. The Labute approximate surface area is 138 Å². The van der Waals surface area contributed by atoms with Crippen molar-refractivity contribution in [3.05, 3.63) is 35.4 Å². The number of piperidine rings is 1. The summed E-state index contributed by atoms with van der Waals surface area (Å²) < 4.78 is 11.9. The van der Waals surface area contributed by atoms with Gasteiger partial charge in [0.2, 0.25) is 0 Å². The molecule has 1 aromatic rings. The van der Waals surface area contributed by atoms with E-state index in [4.69, 9.17) is 9.47 Å². The van der Waals surface area contributed by atoms with Crippen molar-refractivity contribution >= 4 is 5.91 Å². The first-order valence-electron chi connectivity index (χ1n) is 8.73. The van der Waals surface area contributed by atoms with E-state index in [1.54, 1.807) is 0 Å². The molecule has 2 aliphatic rings. The molecule has 4 nitrogen and oxygen atoms in total. The zero-order chi connectivity index (χ0) is 16.3. The minimum atomic E-state index is -0.0819. The molecule has 23 heavy (non-hydrogen) atoms. The Bertz CT molecular complexity index is 547. The molecule has 1 amide bonds. The van der Waals surface area contributed by atoms with Gasteiger partial charge in [-0.3, -0.25) is 4.79 Å². The van der Waals surface area contributed by atoms with Crippen molar-refractivity contribution in [1.29, 1.82) is 0 Å². The number of likely N-dealkylation sites (tertiary alicyclic amines) is 1. The Morgan fingerprint density at radius 2 is 2.17 bits per heavy atom. The van der Waals surface area contributed by atoms with Crippen LogP contribution in [-0.4, -0.2) is 48.8 Å². The summed E-state index contributed by atoms with van der Waals surface area (Å²) >= 11 is 0. The van der Waals surface area contributed by atoms with Crippen LogP contribution in [0.15, 0.2) is 24.3 Å². The van der Waals surface area contributed by atoms with E-state index in [0.717, 1.165) is 63.1 Å². The normalized spacial score (nSPS) is 23.9. The maximum Gasteiger partial charge on any atom is 0.253 e. The molecule has 0 radical (unpaired) electrons. The van der Waals surface area contributed by atoms with Gasteiger partial charge in [-0.25, -0.2) is 0 Å². The average Bonchev–Trinajstić information content (AvgIpc) is 2.55. The first-order chi connectivity index (χ1) is 11.1. The molecule has 2 saturated heterocycles. The topological polar surface area (TPSA) is 38.8 Å². The highest BCUT2D eigenvalue weighted by atomic mass is 16.5. The molecule has 1 atom stereocenters. The van der Waals surface area contributed by atoms with E-state index in [2.05, 4.69) is 0 Å². The lowest BCUT2D eigenvalue weighted by molar-refractivity contribution is -0.151. The van der Waals surface area contributed by atoms with Gasteiger partial charge in [-0.15, -0.1) is 0 Å². The second-order valence-electron chi connectivity index (χ2n) is 6.76. The molecular weight excluding hydrogens is 290 g/mol. The molecular formula is C19H27NO3. The van der Waals surface area contributed by atoms with Crippen LogP contribution in [-0.2, 0) is 9.47 Å². The number of benzene rings is 1. The van der Waals surface area contributed by atoms with Crippen LogP contribution >= 0.6 is 0 Å². The van der Waals surface area contributed by atoms with Gasteiger partial charge in [-0.1, -0.05) is 17.7 Å². The van der Waals surface area contributed by atoms with E-state index in [-0.39, 0.29) is 11.5 Å². The highest BCUT2D eigenvalue weighted by molar-refractivity contribution is 5.94. The molecule has 1 spiro atoms. The summed E-state index contributed by atoms with van der Waals surface area (Å²) in [6, 6.07) is 7.84. The van der Waals surface area contributed by atoms with Crippen molar-refractivity contribution in [1.82, 2.24) is 4.90 Å². The summed E-state index contributed by atoms with van der Waals surface area (Å²) in [6.45, 7) is 7.14. The van der Waals surface area contributed by atoms with Gasteiger partial charge in [-0.05, 0) is 45.2 Å². The molecule has 3 rings (SSSR count). The highest BCUT2D eigenvalue weighted by Gasteiger charge is 2.41. The van der Waals surface area contributed by atoms with Crippen LogP contribution in [0.1, 0.15) is 48.5 Å². The van der Waals surface area contributed by atoms with Gasteiger partial charge in [-0.2, -0.15) is 0 Å². The van der Waals surface area contributed by atoms with E-state index in [1.807, 2.05) is 43.0 Å². The van der Waals surface area contributed by atoms with E-state index < -0.39 is 0 Å². The number of rotatable bonds is 3. The van der Waals surface area contributed by atoms with E-state index in [1.165, 1.54) is 0 Å². The zero-order valence-electron chi connectivity index (χ0n) is 14.2. The van der Waals surface area contributed by atoms with Crippen LogP contribution < -0.4 is 0 Å². The van der Waals surface area contributed by atoms with Gasteiger partial charge in [0, 0.05) is 38.3 Å². The Balaban J connectivity index is 1.60. The number of nitrogens with zero attached hydrogens (tertiary/aromatic N) is 1. The summed E-state index contributed by atoms with van der Waals surface area (Å²) in [5.74, 6) is 0.140. The maximum atomic E-state index is 12.7. The SMILES string of the molecule is CCOC1CCOC2(CCN(C(=O)c3cccc(C)c3)CC2)C1. The van der Waals surface area contributed by atoms with Gasteiger partial charge in [0.15, 0.2) is 0 Å². The van der Waals surface area contributed by atoms with Crippen LogP contribution in [0.2, 0.25) is 0 Å². The predicted octanol–water partition coefficient (Wildman–Crippen LogP) is 3.19. The van der Waals surface area contributed by atoms with Crippen LogP contribution in [0.4, 0.5) is 0 Å². The third kappa shape index (κ3) is 3.75. The maximum absolute atomic E-state index is 12.7. The van der Waals surface area contributed by atoms with E-state index >= 15 is 0 Å². The molecule has 2 heterocycles. The number of aryl methyl sites for hydroxylation is 1. The molecule has 0 N–H and O–H groups in total. The van der Waals surface area contributed by atoms with Crippen molar-refractivity contribution in [2.75, 3.05) is 26.3 Å². The monoisotopic (exact) mass is 317 g/mol. The largest absolute Gasteiger partial charge is 0.378 e. The summed E-state index contributed by atoms with van der Waals surface area (Å²) in [7, 11) is 0. The molecule has 0 aliphatic carbocycles. The fourth-order valence-corrected chi connectivity index (χ4v) is 3.79. The number of ether oxygens (including phenoxy) is 2. The van der Waals surface area contributed by atoms with Crippen molar-refractivity contribution in [2.24, 2.45) is 0 Å². The first-order valence-corrected chi connectivity index (χ1v) is 8.73. The molecule has 2 aliphatic heterocycles. The Morgan fingerprint density at radius 3 is 2.87 bits per heavy atom. The standard InChI is InChI=1S/C19H27NO3/c1-3-22-17-7-12-23-19(14-17)8-10-20(11-9-19)18(21)16-6-4-5-15(2)13-16/h4-6,13,17H,3,7-12,14H2,1-2H3. The smallest absolute Gasteiger partial charge is 0.253 e. The average molecular weight is 317 g/mol. The van der Waals surface area contributed by atoms with Crippen LogP contribution in [0, 0.1) is 6.92 Å². The zero-order valence-corrected chi connectivity index (χ0v) is 14.2. The Hall–Kier alpha value is -1.39. The van der Waals surface area contributed by atoms with Crippen molar-refractivity contribution in [3.63, 3.8) is 0 Å². The molecule has 1 unspecified atom stereocenters. The van der Waals surface area contributed by atoms with Crippen molar-refractivity contribution < 1.29 is 14.3 Å². The lowest BCUT2D eigenvalue weighted by Crippen LogP contribution is -2.52. The van der Waals surface area contributed by atoms with Crippen molar-refractivity contribution in [3.8, 4) is 0 Å². The minimum absolute atomic E-state index is 0.0819. The van der Waals surface area contributed by atoms with Gasteiger partial charge >= 0.3 is 0 Å². The van der Waals surface area contributed by atoms with Gasteiger partial charge < -0.3 is 14.4 Å². The van der Waals surface area contributed by atoms with Crippen LogP contribution in [0.5, 0.6) is 0 Å². The number of hydrogen-bond acceptors (Lipinski definition) is 3. The summed E-state index contributed by atoms with van der Waals surface area (Å²) in [4.78, 5) is 14.6. The third-order valence-electron chi connectivity index (χ3n) is 5.08. The summed E-state index contributed by atoms with van der Waals surface area (Å²) in [5.41, 5.74) is 1.83.